The maximum atomic E-state index is 11.6. The fraction of sp³-hybridized carbons (Fsp3) is 0.167. The Bertz CT molecular complexity index is 590. The maximum Gasteiger partial charge on any atom is 0.254 e. The molecule has 16 heavy (non-hydrogen) atoms. The molecule has 82 valence electrons. The van der Waals surface area contributed by atoms with Gasteiger partial charge in [0.05, 0.1) is 5.69 Å². The molecular formula is C12H11BrN2O. The van der Waals surface area contributed by atoms with Crippen LogP contribution in [0.2, 0.25) is 0 Å². The summed E-state index contributed by atoms with van der Waals surface area (Å²) in [4.78, 5) is 18.7. The van der Waals surface area contributed by atoms with Crippen LogP contribution >= 0.6 is 15.9 Å². The van der Waals surface area contributed by atoms with E-state index >= 15 is 0 Å². The van der Waals surface area contributed by atoms with Crippen LogP contribution in [0.4, 0.5) is 0 Å². The molecule has 0 radical (unpaired) electrons. The molecule has 0 spiro atoms. The number of benzene rings is 1. The van der Waals surface area contributed by atoms with E-state index in [2.05, 4.69) is 25.9 Å². The predicted octanol–water partition coefficient (Wildman–Crippen LogP) is 2.82. The Morgan fingerprint density at radius 2 is 1.94 bits per heavy atom. The summed E-state index contributed by atoms with van der Waals surface area (Å²) < 4.78 is 0.940. The average molecular weight is 279 g/mol. The third-order valence-corrected chi connectivity index (χ3v) is 3.09. The zero-order valence-electron chi connectivity index (χ0n) is 9.04. The lowest BCUT2D eigenvalue weighted by Crippen LogP contribution is -2.14. The first kappa shape index (κ1) is 11.1. The number of aryl methyl sites for hydroxylation is 1. The van der Waals surface area contributed by atoms with Gasteiger partial charge in [0, 0.05) is 15.6 Å². The number of hydrogen-bond acceptors (Lipinski definition) is 2. The van der Waals surface area contributed by atoms with Gasteiger partial charge in [-0.15, -0.1) is 0 Å². The minimum atomic E-state index is -0.0850. The lowest BCUT2D eigenvalue weighted by Gasteiger charge is -2.07. The van der Waals surface area contributed by atoms with E-state index in [1.54, 1.807) is 13.8 Å². The van der Waals surface area contributed by atoms with Crippen molar-refractivity contribution in [2.24, 2.45) is 0 Å². The van der Waals surface area contributed by atoms with Gasteiger partial charge in [-0.1, -0.05) is 34.1 Å². The first-order valence-corrected chi connectivity index (χ1v) is 5.71. The summed E-state index contributed by atoms with van der Waals surface area (Å²) in [6.07, 6.45) is 0. The number of aromatic amines is 1. The van der Waals surface area contributed by atoms with Crippen LogP contribution in [0.1, 0.15) is 11.4 Å². The molecule has 0 bridgehead atoms. The zero-order chi connectivity index (χ0) is 11.7. The molecule has 0 unspecified atom stereocenters. The quantitative estimate of drug-likeness (QED) is 0.872. The van der Waals surface area contributed by atoms with E-state index < -0.39 is 0 Å². The van der Waals surface area contributed by atoms with Crippen LogP contribution in [0.25, 0.3) is 11.3 Å². The van der Waals surface area contributed by atoms with Crippen molar-refractivity contribution in [2.75, 3.05) is 0 Å². The molecule has 0 fully saturated rings. The van der Waals surface area contributed by atoms with Crippen molar-refractivity contribution in [1.82, 2.24) is 9.97 Å². The average Bonchev–Trinajstić information content (AvgIpc) is 2.24. The summed E-state index contributed by atoms with van der Waals surface area (Å²) in [6.45, 7) is 3.56. The standard InChI is InChI=1S/C12H11BrN2O/c1-7-11(14-8(2)15-12(7)16)9-5-3-4-6-10(9)13/h3-6H,1-2H3,(H,14,15,16). The molecule has 0 aliphatic carbocycles. The third kappa shape index (κ3) is 1.93. The van der Waals surface area contributed by atoms with Gasteiger partial charge in [-0.2, -0.15) is 0 Å². The molecule has 1 heterocycles. The van der Waals surface area contributed by atoms with Crippen molar-refractivity contribution >= 4 is 15.9 Å². The molecule has 4 heteroatoms. The van der Waals surface area contributed by atoms with E-state index in [1.165, 1.54) is 0 Å². The third-order valence-electron chi connectivity index (χ3n) is 2.40. The molecule has 0 atom stereocenters. The van der Waals surface area contributed by atoms with E-state index in [9.17, 15) is 4.79 Å². The van der Waals surface area contributed by atoms with Crippen LogP contribution in [0, 0.1) is 13.8 Å². The van der Waals surface area contributed by atoms with E-state index in [-0.39, 0.29) is 5.56 Å². The zero-order valence-corrected chi connectivity index (χ0v) is 10.6. The Kier molecular flexibility index (Phi) is 2.92. The number of halogens is 1. The number of hydrogen-bond donors (Lipinski definition) is 1. The van der Waals surface area contributed by atoms with Crippen LogP contribution in [-0.4, -0.2) is 9.97 Å². The summed E-state index contributed by atoms with van der Waals surface area (Å²) in [5.74, 6) is 0.626. The molecule has 1 N–H and O–H groups in total. The SMILES string of the molecule is Cc1nc(-c2ccccc2Br)c(C)c(=O)[nH]1. The van der Waals surface area contributed by atoms with Crippen molar-refractivity contribution < 1.29 is 0 Å². The fourth-order valence-electron chi connectivity index (χ4n) is 1.56. The van der Waals surface area contributed by atoms with Gasteiger partial charge in [-0.25, -0.2) is 4.98 Å². The Balaban J connectivity index is 2.74. The normalized spacial score (nSPS) is 10.4. The largest absolute Gasteiger partial charge is 0.311 e. The summed E-state index contributed by atoms with van der Waals surface area (Å²) in [5, 5.41) is 0. The van der Waals surface area contributed by atoms with Gasteiger partial charge in [-0.05, 0) is 19.9 Å². The van der Waals surface area contributed by atoms with Gasteiger partial charge in [-0.3, -0.25) is 4.79 Å². The Morgan fingerprint density at radius 1 is 1.25 bits per heavy atom. The van der Waals surface area contributed by atoms with Crippen LogP contribution in [0.3, 0.4) is 0 Å². The Hall–Kier alpha value is -1.42. The van der Waals surface area contributed by atoms with Gasteiger partial charge in [0.2, 0.25) is 0 Å². The number of H-pyrrole nitrogens is 1. The first-order valence-electron chi connectivity index (χ1n) is 4.92. The lowest BCUT2D eigenvalue weighted by molar-refractivity contribution is 0.999. The van der Waals surface area contributed by atoms with E-state index in [4.69, 9.17) is 0 Å². The minimum Gasteiger partial charge on any atom is -0.311 e. The molecule has 1 aromatic heterocycles. The highest BCUT2D eigenvalue weighted by Crippen LogP contribution is 2.27. The van der Waals surface area contributed by atoms with Crippen LogP contribution < -0.4 is 5.56 Å². The number of aromatic nitrogens is 2. The van der Waals surface area contributed by atoms with Gasteiger partial charge in [0.15, 0.2) is 0 Å². The monoisotopic (exact) mass is 278 g/mol. The van der Waals surface area contributed by atoms with Crippen molar-refractivity contribution in [3.05, 3.63) is 50.5 Å². The number of rotatable bonds is 1. The Labute approximate surface area is 102 Å². The van der Waals surface area contributed by atoms with E-state index in [0.29, 0.717) is 11.4 Å². The molecule has 0 saturated heterocycles. The molecule has 1 aromatic carbocycles. The molecule has 2 rings (SSSR count). The molecule has 0 aliphatic rings. The van der Waals surface area contributed by atoms with E-state index in [0.717, 1.165) is 15.7 Å². The second kappa shape index (κ2) is 4.22. The summed E-state index contributed by atoms with van der Waals surface area (Å²) in [7, 11) is 0. The van der Waals surface area contributed by atoms with Crippen LogP contribution in [0.5, 0.6) is 0 Å². The highest BCUT2D eigenvalue weighted by Gasteiger charge is 2.10. The second-order valence-electron chi connectivity index (χ2n) is 3.60. The van der Waals surface area contributed by atoms with Gasteiger partial charge >= 0.3 is 0 Å². The van der Waals surface area contributed by atoms with Crippen molar-refractivity contribution in [2.45, 2.75) is 13.8 Å². The van der Waals surface area contributed by atoms with Gasteiger partial charge in [0.1, 0.15) is 5.82 Å². The Morgan fingerprint density at radius 3 is 2.62 bits per heavy atom. The van der Waals surface area contributed by atoms with Gasteiger partial charge < -0.3 is 4.98 Å². The smallest absolute Gasteiger partial charge is 0.254 e. The molecule has 3 nitrogen and oxygen atoms in total. The minimum absolute atomic E-state index is 0.0850. The number of nitrogens with zero attached hydrogens (tertiary/aromatic N) is 1. The highest BCUT2D eigenvalue weighted by atomic mass is 79.9. The summed E-state index contributed by atoms with van der Waals surface area (Å²) in [6, 6.07) is 7.74. The lowest BCUT2D eigenvalue weighted by atomic mass is 10.1. The van der Waals surface area contributed by atoms with Crippen LogP contribution in [0.15, 0.2) is 33.5 Å². The molecule has 0 saturated carbocycles. The fourth-order valence-corrected chi connectivity index (χ4v) is 2.03. The van der Waals surface area contributed by atoms with Gasteiger partial charge in [0.25, 0.3) is 5.56 Å². The molecule has 0 amide bonds. The van der Waals surface area contributed by atoms with Crippen LogP contribution in [-0.2, 0) is 0 Å². The predicted molar refractivity (Wildman–Crippen MR) is 67.5 cm³/mol. The van der Waals surface area contributed by atoms with Crippen molar-refractivity contribution in [3.8, 4) is 11.3 Å². The summed E-state index contributed by atoms with van der Waals surface area (Å²) in [5.41, 5.74) is 2.22. The molecular weight excluding hydrogens is 268 g/mol. The topological polar surface area (TPSA) is 45.8 Å². The highest BCUT2D eigenvalue weighted by molar-refractivity contribution is 9.10. The second-order valence-corrected chi connectivity index (χ2v) is 4.46. The first-order chi connectivity index (χ1) is 7.59. The van der Waals surface area contributed by atoms with E-state index in [1.807, 2.05) is 24.3 Å². The van der Waals surface area contributed by atoms with Crippen molar-refractivity contribution in [3.63, 3.8) is 0 Å². The summed E-state index contributed by atoms with van der Waals surface area (Å²) >= 11 is 3.46. The molecule has 0 aliphatic heterocycles. The maximum absolute atomic E-state index is 11.6. The molecule has 2 aromatic rings. The van der Waals surface area contributed by atoms with Crippen molar-refractivity contribution in [1.29, 1.82) is 0 Å². The number of nitrogens with one attached hydrogen (secondary N) is 1.